The van der Waals surface area contributed by atoms with Gasteiger partial charge in [0.25, 0.3) is 5.91 Å². The first-order valence-corrected chi connectivity index (χ1v) is 4.65. The van der Waals surface area contributed by atoms with Gasteiger partial charge in [-0.15, -0.1) is 0 Å². The molecule has 0 spiro atoms. The summed E-state index contributed by atoms with van der Waals surface area (Å²) in [6, 6.07) is -0.000635. The molecule has 0 aromatic carbocycles. The van der Waals surface area contributed by atoms with E-state index in [4.69, 9.17) is 0 Å². The number of hydrogen-bond acceptors (Lipinski definition) is 4. The van der Waals surface area contributed by atoms with Gasteiger partial charge in [0.15, 0.2) is 11.5 Å². The van der Waals surface area contributed by atoms with Crippen LogP contribution in [0.4, 0.5) is 0 Å². The third-order valence-electron chi connectivity index (χ3n) is 1.67. The zero-order valence-electron chi connectivity index (χ0n) is 8.94. The number of amides is 1. The molecular weight excluding hydrogens is 194 g/mol. The Morgan fingerprint density at radius 2 is 1.73 bits per heavy atom. The Morgan fingerprint density at radius 1 is 1.20 bits per heavy atom. The van der Waals surface area contributed by atoms with E-state index in [1.807, 2.05) is 13.8 Å². The van der Waals surface area contributed by atoms with Crippen LogP contribution in [0, 0.1) is 0 Å². The van der Waals surface area contributed by atoms with Crippen LogP contribution >= 0.6 is 0 Å². The molecule has 15 heavy (non-hydrogen) atoms. The molecule has 1 rings (SSSR count). The topological polar surface area (TPSA) is 72.0 Å². The van der Waals surface area contributed by atoms with Gasteiger partial charge in [0, 0.05) is 25.4 Å². The van der Waals surface area contributed by atoms with E-state index in [1.54, 1.807) is 0 Å². The number of carbonyl (C=O) groups is 2. The Hall–Kier alpha value is -1.78. The lowest BCUT2D eigenvalue weighted by Crippen LogP contribution is -2.32. The van der Waals surface area contributed by atoms with E-state index in [0.717, 1.165) is 0 Å². The monoisotopic (exact) mass is 207 g/mol. The molecule has 0 aliphatic carbocycles. The van der Waals surface area contributed by atoms with Gasteiger partial charge in [-0.3, -0.25) is 9.59 Å². The van der Waals surface area contributed by atoms with Crippen molar-refractivity contribution in [2.75, 3.05) is 0 Å². The van der Waals surface area contributed by atoms with Gasteiger partial charge in [0.1, 0.15) is 5.69 Å². The second-order valence-corrected chi connectivity index (χ2v) is 3.44. The van der Waals surface area contributed by atoms with Crippen LogP contribution in [-0.2, 0) is 0 Å². The van der Waals surface area contributed by atoms with Gasteiger partial charge in [0.05, 0.1) is 0 Å². The molecule has 0 saturated heterocycles. The molecule has 1 N–H and O–H groups in total. The van der Waals surface area contributed by atoms with Crippen molar-refractivity contribution in [3.63, 3.8) is 0 Å². The Kier molecular flexibility index (Phi) is 3.49. The lowest BCUT2D eigenvalue weighted by Gasteiger charge is -2.08. The second-order valence-electron chi connectivity index (χ2n) is 3.44. The number of ketones is 1. The molecule has 5 nitrogen and oxygen atoms in total. The highest BCUT2D eigenvalue weighted by atomic mass is 16.2. The molecule has 5 heteroatoms. The summed E-state index contributed by atoms with van der Waals surface area (Å²) in [5.74, 6) is -0.639. The maximum atomic E-state index is 11.6. The Bertz CT molecular complexity index is 388. The molecular formula is C10H13N3O2. The molecule has 0 radical (unpaired) electrons. The number of Topliss-reactive ketones (excluding diaryl/α,β-unsaturated/α-hetero) is 1. The molecule has 1 aromatic rings. The van der Waals surface area contributed by atoms with Crippen molar-refractivity contribution < 1.29 is 9.59 Å². The summed E-state index contributed by atoms with van der Waals surface area (Å²) in [6.45, 7) is 5.03. The van der Waals surface area contributed by atoms with Gasteiger partial charge in [0.2, 0.25) is 0 Å². The van der Waals surface area contributed by atoms with E-state index >= 15 is 0 Å². The van der Waals surface area contributed by atoms with Crippen molar-refractivity contribution in [2.24, 2.45) is 0 Å². The van der Waals surface area contributed by atoms with E-state index in [0.29, 0.717) is 0 Å². The zero-order chi connectivity index (χ0) is 11.4. The van der Waals surface area contributed by atoms with Crippen LogP contribution in [0.25, 0.3) is 0 Å². The number of nitrogens with zero attached hydrogens (tertiary/aromatic N) is 2. The summed E-state index contributed by atoms with van der Waals surface area (Å²) in [5, 5.41) is 2.66. The number of nitrogens with one attached hydrogen (secondary N) is 1. The smallest absolute Gasteiger partial charge is 0.272 e. The van der Waals surface area contributed by atoms with Crippen LogP contribution in [0.2, 0.25) is 0 Å². The van der Waals surface area contributed by atoms with E-state index in [-0.39, 0.29) is 29.1 Å². The summed E-state index contributed by atoms with van der Waals surface area (Å²) in [7, 11) is 0. The molecule has 0 aliphatic heterocycles. The molecule has 1 heterocycles. The van der Waals surface area contributed by atoms with E-state index in [9.17, 15) is 9.59 Å². The van der Waals surface area contributed by atoms with Crippen LogP contribution in [0.15, 0.2) is 12.4 Å². The van der Waals surface area contributed by atoms with Gasteiger partial charge in [-0.1, -0.05) is 0 Å². The average Bonchev–Trinajstić information content (AvgIpc) is 2.16. The van der Waals surface area contributed by atoms with Gasteiger partial charge in [-0.05, 0) is 13.8 Å². The maximum Gasteiger partial charge on any atom is 0.272 e. The molecule has 1 amide bonds. The lowest BCUT2D eigenvalue weighted by molar-refractivity contribution is 0.0922. The number of hydrogen-bond donors (Lipinski definition) is 1. The molecule has 0 fully saturated rings. The largest absolute Gasteiger partial charge is 0.348 e. The van der Waals surface area contributed by atoms with Gasteiger partial charge in [-0.25, -0.2) is 9.97 Å². The third kappa shape index (κ3) is 2.83. The highest BCUT2D eigenvalue weighted by molar-refractivity contribution is 6.04. The number of aromatic nitrogens is 2. The molecule has 0 unspecified atom stereocenters. The summed E-state index contributed by atoms with van der Waals surface area (Å²) in [5.41, 5.74) is 0.189. The number of rotatable bonds is 3. The van der Waals surface area contributed by atoms with Crippen LogP contribution in [-0.4, -0.2) is 27.7 Å². The van der Waals surface area contributed by atoms with Gasteiger partial charge < -0.3 is 5.32 Å². The predicted octanol–water partition coefficient (Wildman–Crippen LogP) is 0.817. The average molecular weight is 207 g/mol. The van der Waals surface area contributed by atoms with E-state index < -0.39 is 0 Å². The number of carbonyl (C=O) groups excluding carboxylic acids is 2. The summed E-state index contributed by atoms with van der Waals surface area (Å²) < 4.78 is 0. The van der Waals surface area contributed by atoms with Crippen molar-refractivity contribution in [2.45, 2.75) is 26.8 Å². The molecule has 80 valence electrons. The minimum Gasteiger partial charge on any atom is -0.348 e. The molecule has 0 bridgehead atoms. The normalized spacial score (nSPS) is 10.1. The predicted molar refractivity (Wildman–Crippen MR) is 54.6 cm³/mol. The van der Waals surface area contributed by atoms with Crippen molar-refractivity contribution >= 4 is 11.7 Å². The van der Waals surface area contributed by atoms with Crippen molar-refractivity contribution in [3.05, 3.63) is 23.8 Å². The minimum absolute atomic E-state index is 0.000635. The van der Waals surface area contributed by atoms with Crippen LogP contribution < -0.4 is 5.32 Å². The summed E-state index contributed by atoms with van der Waals surface area (Å²) >= 11 is 0. The summed E-state index contributed by atoms with van der Waals surface area (Å²) in [4.78, 5) is 30.5. The fourth-order valence-corrected chi connectivity index (χ4v) is 1.09. The maximum absolute atomic E-state index is 11.6. The minimum atomic E-state index is -0.372. The zero-order valence-corrected chi connectivity index (χ0v) is 8.94. The van der Waals surface area contributed by atoms with Gasteiger partial charge >= 0.3 is 0 Å². The molecule has 0 atom stereocenters. The standard InChI is InChI=1S/C10H13N3O2/c1-6(2)13-10(15)9-8(7(3)14)11-4-5-12-9/h4-6H,1-3H3,(H,13,15). The third-order valence-corrected chi connectivity index (χ3v) is 1.67. The van der Waals surface area contributed by atoms with Gasteiger partial charge in [-0.2, -0.15) is 0 Å². The molecule has 0 saturated carbocycles. The van der Waals surface area contributed by atoms with E-state index in [1.165, 1.54) is 19.3 Å². The van der Waals surface area contributed by atoms with Crippen molar-refractivity contribution in [1.29, 1.82) is 0 Å². The van der Waals surface area contributed by atoms with Crippen molar-refractivity contribution in [1.82, 2.24) is 15.3 Å². The highest BCUT2D eigenvalue weighted by Crippen LogP contribution is 2.02. The fourth-order valence-electron chi connectivity index (χ4n) is 1.09. The summed E-state index contributed by atoms with van der Waals surface area (Å²) in [6.07, 6.45) is 2.78. The van der Waals surface area contributed by atoms with Crippen LogP contribution in [0.1, 0.15) is 41.7 Å². The van der Waals surface area contributed by atoms with Crippen molar-refractivity contribution in [3.8, 4) is 0 Å². The fraction of sp³-hybridized carbons (Fsp3) is 0.400. The van der Waals surface area contributed by atoms with E-state index in [2.05, 4.69) is 15.3 Å². The Balaban J connectivity index is 3.03. The highest BCUT2D eigenvalue weighted by Gasteiger charge is 2.17. The first-order chi connectivity index (χ1) is 7.02. The quantitative estimate of drug-likeness (QED) is 0.745. The van der Waals surface area contributed by atoms with Crippen LogP contribution in [0.3, 0.4) is 0 Å². The molecule has 0 aliphatic rings. The molecule has 1 aromatic heterocycles. The first kappa shape index (κ1) is 11.3. The first-order valence-electron chi connectivity index (χ1n) is 4.65. The second kappa shape index (κ2) is 4.63. The Morgan fingerprint density at radius 3 is 2.20 bits per heavy atom. The Labute approximate surface area is 87.9 Å². The SMILES string of the molecule is CC(=O)c1nccnc1C(=O)NC(C)C. The van der Waals surface area contributed by atoms with Crippen LogP contribution in [0.5, 0.6) is 0 Å². The lowest BCUT2D eigenvalue weighted by atomic mass is 10.2.